The van der Waals surface area contributed by atoms with Gasteiger partial charge in [-0.3, -0.25) is 4.79 Å². The minimum atomic E-state index is -1.99. The van der Waals surface area contributed by atoms with Gasteiger partial charge in [0.25, 0.3) is 0 Å². The third kappa shape index (κ3) is 11.6. The monoisotopic (exact) mass is 1220 g/mol. The molecular weight excluding hydrogens is 1120 g/mol. The zero-order valence-corrected chi connectivity index (χ0v) is 52.3. The average Bonchev–Trinajstić information content (AvgIpc) is 0.712. The van der Waals surface area contributed by atoms with Crippen LogP contribution in [-0.2, 0) is 57.0 Å². The number of hydrogen-bond acceptors (Lipinski definition) is 23. The summed E-state index contributed by atoms with van der Waals surface area (Å²) in [5, 5.41) is 125. The fourth-order valence-corrected chi connectivity index (χ4v) is 17.1. The normalized spacial score (nSPS) is 46.5. The molecule has 0 spiro atoms. The molecule has 86 heavy (non-hydrogen) atoms. The van der Waals surface area contributed by atoms with Crippen LogP contribution < -0.4 is 0 Å². The third-order valence-corrected chi connectivity index (χ3v) is 22.5. The number of rotatable bonds is 18. The quantitative estimate of drug-likeness (QED) is 0.0308. The van der Waals surface area contributed by atoms with Crippen LogP contribution in [0.1, 0.15) is 141 Å². The van der Waals surface area contributed by atoms with Gasteiger partial charge < -0.3 is 98.8 Å². The van der Waals surface area contributed by atoms with Crippen molar-refractivity contribution in [3.05, 3.63) is 34.9 Å². The number of aliphatic hydroxyl groups is 11. The smallest absolute Gasteiger partial charge is 0.337 e. The fourth-order valence-electron chi connectivity index (χ4n) is 17.1. The second-order valence-corrected chi connectivity index (χ2v) is 28.4. The molecule has 5 aliphatic carbocycles. The van der Waals surface area contributed by atoms with E-state index in [-0.39, 0.29) is 11.8 Å². The van der Waals surface area contributed by atoms with E-state index in [4.69, 9.17) is 42.6 Å². The first-order valence-corrected chi connectivity index (χ1v) is 30.9. The van der Waals surface area contributed by atoms with Gasteiger partial charge in [-0.1, -0.05) is 91.2 Å². The van der Waals surface area contributed by atoms with Crippen LogP contribution in [0.3, 0.4) is 0 Å². The first-order valence-electron chi connectivity index (χ1n) is 30.9. The molecule has 8 rings (SSSR count). The van der Waals surface area contributed by atoms with Crippen LogP contribution in [0, 0.1) is 56.2 Å². The van der Waals surface area contributed by atoms with Gasteiger partial charge in [-0.15, -0.1) is 0 Å². The molecular formula is C63H100O23. The van der Waals surface area contributed by atoms with E-state index >= 15 is 0 Å². The summed E-state index contributed by atoms with van der Waals surface area (Å²) >= 11 is 0. The maximum Gasteiger partial charge on any atom is 0.337 e. The Morgan fingerprint density at radius 2 is 1.31 bits per heavy atom. The topological polar surface area (TPSA) is 357 Å². The first kappa shape index (κ1) is 68.9. The molecule has 0 unspecified atom stereocenters. The van der Waals surface area contributed by atoms with Crippen LogP contribution in [0.5, 0.6) is 0 Å². The number of carbonyl (C=O) groups is 3. The van der Waals surface area contributed by atoms with Crippen LogP contribution in [0.2, 0.25) is 0 Å². The van der Waals surface area contributed by atoms with E-state index < -0.39 is 199 Å². The second-order valence-electron chi connectivity index (χ2n) is 28.4. The second kappa shape index (κ2) is 25.9. The molecule has 7 fully saturated rings. The van der Waals surface area contributed by atoms with E-state index in [1.807, 2.05) is 48.5 Å². The molecule has 0 amide bonds. The highest BCUT2D eigenvalue weighted by Crippen LogP contribution is 2.76. The van der Waals surface area contributed by atoms with Gasteiger partial charge in [-0.25, -0.2) is 9.59 Å². The number of carbonyl (C=O) groups excluding carboxylic acids is 3. The van der Waals surface area contributed by atoms with Crippen molar-refractivity contribution in [1.82, 2.24) is 0 Å². The van der Waals surface area contributed by atoms with E-state index in [0.717, 1.165) is 30.2 Å². The fraction of sp³-hybridized carbons (Fsp3) is 0.857. The van der Waals surface area contributed by atoms with Crippen molar-refractivity contribution in [1.29, 1.82) is 0 Å². The highest BCUT2D eigenvalue weighted by Gasteiger charge is 2.76. The molecule has 23 heteroatoms. The molecule has 11 N–H and O–H groups in total. The molecule has 4 saturated carbocycles. The predicted octanol–water partition coefficient (Wildman–Crippen LogP) is 2.16. The Morgan fingerprint density at radius 1 is 0.709 bits per heavy atom. The van der Waals surface area contributed by atoms with E-state index in [9.17, 15) is 70.6 Å². The van der Waals surface area contributed by atoms with Crippen molar-refractivity contribution in [3.63, 3.8) is 0 Å². The Labute approximate surface area is 504 Å². The summed E-state index contributed by atoms with van der Waals surface area (Å²) in [6.07, 6.45) is -20.5. The van der Waals surface area contributed by atoms with Gasteiger partial charge in [0.2, 0.25) is 0 Å². The van der Waals surface area contributed by atoms with Crippen molar-refractivity contribution in [2.24, 2.45) is 56.2 Å². The standard InChI is InChI=1S/C63H100O23/c1-14-31(5)53(76)86-52-51(82-39(67)24-30(4)17-15-16-29(2)3)58(6,7)25-33-32-18-19-37-60(10)22-21-38(59(8,9)36(60)20-23-61(37,11)62(32,12)49(74)50(75)63(33,52)28-66)81-57-47(84-56-44(72)42(70)40(68)34(26-64)79-56)45(73)46(48(85-57)54(77)78-13)83-55-43(71)41(69)35(27-65)80-55/h16,18,24,31,33-38,40-52,55-57,64-66,68-75H,14-15,17,19-23,25-28H2,1-13H3/b30-24+/t31-,33+,34-,35+,36+,37-,38+,40-,41+,42+,43-,44-,45+,46+,47-,48+,49+,50-,51+,52+,55+,56+,57-,60+,61-,62+,63+/m1/s1. The van der Waals surface area contributed by atoms with Gasteiger partial charge in [0.05, 0.1) is 56.6 Å². The van der Waals surface area contributed by atoms with Crippen LogP contribution in [-0.4, -0.2) is 218 Å². The maximum absolute atomic E-state index is 14.1. The number of hydrogen-bond donors (Lipinski definition) is 11. The molecule has 23 nitrogen and oxygen atoms in total. The average molecular weight is 1230 g/mol. The van der Waals surface area contributed by atoms with Gasteiger partial charge in [0.15, 0.2) is 31.1 Å². The van der Waals surface area contributed by atoms with Crippen molar-refractivity contribution in [2.75, 3.05) is 26.9 Å². The summed E-state index contributed by atoms with van der Waals surface area (Å²) in [5.41, 5.74) is -2.86. The zero-order chi connectivity index (χ0) is 63.7. The number of esters is 3. The SMILES string of the molecule is CC[C@@H](C)C(=O)O[C@H]1[C@H](OC(=O)/C=C(\C)CCC=C(C)C)C(C)(C)C[C@H]2C3=CC[C@@H]4[C@@]5(C)CC[C@H](O[C@@H]6O[C@H](C(=O)OC)[C@@H](O[C@@H]7O[C@@H](CO)[C@H](O)[C@H]7O)[C@H](O)[C@H]6O[C@@H]6O[C@H](CO)[C@@H](O)[C@H](O)[C@H]6O)C(C)(C)[C@@H]5CC[C@@]4(C)[C@]3(C)[C@@H](O)[C@@H](O)[C@]21CO. The van der Waals surface area contributed by atoms with E-state index in [1.54, 1.807) is 6.92 Å². The van der Waals surface area contributed by atoms with Crippen LogP contribution >= 0.6 is 0 Å². The first-order chi connectivity index (χ1) is 40.2. The van der Waals surface area contributed by atoms with Gasteiger partial charge in [0.1, 0.15) is 67.1 Å². The molecule has 0 aromatic rings. The van der Waals surface area contributed by atoms with Crippen molar-refractivity contribution >= 4 is 17.9 Å². The minimum Gasteiger partial charge on any atom is -0.467 e. The third-order valence-electron chi connectivity index (χ3n) is 22.5. The van der Waals surface area contributed by atoms with Crippen LogP contribution in [0.15, 0.2) is 34.9 Å². The summed E-state index contributed by atoms with van der Waals surface area (Å²) in [4.78, 5) is 41.7. The minimum absolute atomic E-state index is 0.122. The van der Waals surface area contributed by atoms with Crippen molar-refractivity contribution < 1.29 is 113 Å². The Hall–Kier alpha value is -3.05. The summed E-state index contributed by atoms with van der Waals surface area (Å²) in [5.74, 6) is -3.75. The molecule has 0 bridgehead atoms. The van der Waals surface area contributed by atoms with Gasteiger partial charge in [-0.05, 0) is 113 Å². The lowest BCUT2D eigenvalue weighted by Gasteiger charge is -2.73. The van der Waals surface area contributed by atoms with Crippen molar-refractivity contribution in [3.8, 4) is 0 Å². The lowest BCUT2D eigenvalue weighted by atomic mass is 9.32. The summed E-state index contributed by atoms with van der Waals surface area (Å²) in [7, 11) is 1.07. The molecule has 0 radical (unpaired) electrons. The Morgan fingerprint density at radius 3 is 1.90 bits per heavy atom. The van der Waals surface area contributed by atoms with E-state index in [1.165, 1.54) is 6.08 Å². The Balaban J connectivity index is 1.12. The molecule has 490 valence electrons. The van der Waals surface area contributed by atoms with Gasteiger partial charge in [0, 0.05) is 16.9 Å². The summed E-state index contributed by atoms with van der Waals surface area (Å²) < 4.78 is 54.8. The summed E-state index contributed by atoms with van der Waals surface area (Å²) in [6.45, 7) is 21.6. The molecule has 3 saturated heterocycles. The maximum atomic E-state index is 14.1. The molecule has 27 atom stereocenters. The number of fused-ring (bicyclic) bond motifs is 7. The largest absolute Gasteiger partial charge is 0.467 e. The molecule has 3 heterocycles. The lowest BCUT2D eigenvalue weighted by Crippen LogP contribution is -2.76. The number of ether oxygens (including phenoxy) is 9. The van der Waals surface area contributed by atoms with Gasteiger partial charge in [-0.2, -0.15) is 0 Å². The number of methoxy groups -OCH3 is 1. The van der Waals surface area contributed by atoms with E-state index in [0.29, 0.717) is 51.4 Å². The van der Waals surface area contributed by atoms with Gasteiger partial charge >= 0.3 is 17.9 Å². The zero-order valence-electron chi connectivity index (χ0n) is 52.3. The number of allylic oxidation sites excluding steroid dienone is 4. The highest BCUT2D eigenvalue weighted by atomic mass is 16.8. The molecule has 8 aliphatic rings. The lowest BCUT2D eigenvalue weighted by molar-refractivity contribution is -0.383. The number of aliphatic hydroxyl groups excluding tert-OH is 11. The molecule has 0 aromatic carbocycles. The Kier molecular flexibility index (Phi) is 20.7. The van der Waals surface area contributed by atoms with Crippen LogP contribution in [0.25, 0.3) is 0 Å². The molecule has 3 aliphatic heterocycles. The highest BCUT2D eigenvalue weighted by molar-refractivity contribution is 5.83. The molecule has 0 aromatic heterocycles. The van der Waals surface area contributed by atoms with E-state index in [2.05, 4.69) is 39.8 Å². The predicted molar refractivity (Wildman–Crippen MR) is 304 cm³/mol. The van der Waals surface area contributed by atoms with Crippen LogP contribution in [0.4, 0.5) is 0 Å². The summed E-state index contributed by atoms with van der Waals surface area (Å²) in [6, 6.07) is 0. The van der Waals surface area contributed by atoms with Crippen molar-refractivity contribution in [2.45, 2.75) is 257 Å². The Bertz CT molecular complexity index is 2510.